The molecule has 1 saturated heterocycles. The van der Waals surface area contributed by atoms with Crippen molar-refractivity contribution in [2.75, 3.05) is 39.8 Å². The number of likely N-dealkylation sites (N-methyl/N-ethyl adjacent to an activating group) is 1. The van der Waals surface area contributed by atoms with Crippen molar-refractivity contribution in [3.8, 4) is 11.5 Å². The number of hydrogen-bond acceptors (Lipinski definition) is 7. The molecule has 0 radical (unpaired) electrons. The quantitative estimate of drug-likeness (QED) is 0.751. The molecule has 156 valence electrons. The zero-order valence-electron chi connectivity index (χ0n) is 16.7. The Morgan fingerprint density at radius 3 is 2.68 bits per heavy atom. The van der Waals surface area contributed by atoms with Gasteiger partial charge < -0.3 is 9.84 Å². The molecule has 1 unspecified atom stereocenters. The molecule has 1 aliphatic rings. The van der Waals surface area contributed by atoms with Crippen LogP contribution in [0.1, 0.15) is 31.3 Å². The van der Waals surface area contributed by atoms with E-state index in [0.717, 1.165) is 19.6 Å². The van der Waals surface area contributed by atoms with Gasteiger partial charge in [-0.15, -0.1) is 12.4 Å². The van der Waals surface area contributed by atoms with Crippen molar-refractivity contribution in [3.05, 3.63) is 29.6 Å². The van der Waals surface area contributed by atoms with Crippen LogP contribution in [0.15, 0.2) is 27.6 Å². The number of aryl methyl sites for hydroxylation is 1. The van der Waals surface area contributed by atoms with E-state index in [1.54, 1.807) is 19.1 Å². The molecule has 1 N–H and O–H groups in total. The number of rotatable bonds is 6. The second-order valence-electron chi connectivity index (χ2n) is 6.73. The Labute approximate surface area is 172 Å². The third-order valence-electron chi connectivity index (χ3n) is 5.01. The molecule has 0 aliphatic carbocycles. The van der Waals surface area contributed by atoms with Gasteiger partial charge in [-0.3, -0.25) is 4.90 Å². The van der Waals surface area contributed by atoms with Crippen LogP contribution < -0.4 is 5.32 Å². The molecule has 2 heterocycles. The van der Waals surface area contributed by atoms with Gasteiger partial charge in [0.15, 0.2) is 5.82 Å². The van der Waals surface area contributed by atoms with Gasteiger partial charge in [-0.05, 0) is 31.7 Å². The molecule has 1 aromatic heterocycles. The van der Waals surface area contributed by atoms with E-state index in [2.05, 4.69) is 20.4 Å². The maximum Gasteiger partial charge on any atom is 0.258 e. The van der Waals surface area contributed by atoms with Gasteiger partial charge in [0.05, 0.1) is 10.9 Å². The summed E-state index contributed by atoms with van der Waals surface area (Å²) in [5.74, 6) is 0.938. The van der Waals surface area contributed by atoms with E-state index in [4.69, 9.17) is 4.52 Å². The molecule has 0 bridgehead atoms. The van der Waals surface area contributed by atoms with Crippen molar-refractivity contribution in [2.45, 2.75) is 31.7 Å². The predicted octanol–water partition coefficient (Wildman–Crippen LogP) is 2.07. The Bertz CT molecular complexity index is 898. The molecule has 1 fully saturated rings. The van der Waals surface area contributed by atoms with Crippen molar-refractivity contribution in [2.24, 2.45) is 0 Å². The summed E-state index contributed by atoms with van der Waals surface area (Å²) in [7, 11) is -1.53. The number of aromatic nitrogens is 2. The van der Waals surface area contributed by atoms with Gasteiger partial charge in [-0.2, -0.15) is 9.29 Å². The van der Waals surface area contributed by atoms with E-state index in [0.29, 0.717) is 35.9 Å². The van der Waals surface area contributed by atoms with E-state index >= 15 is 0 Å². The summed E-state index contributed by atoms with van der Waals surface area (Å²) in [5.41, 5.74) is 1.30. The second-order valence-corrected chi connectivity index (χ2v) is 8.63. The van der Waals surface area contributed by atoms with Crippen LogP contribution in [0.25, 0.3) is 11.5 Å². The van der Waals surface area contributed by atoms with Crippen LogP contribution in [0.3, 0.4) is 0 Å². The molecule has 0 amide bonds. The number of nitrogens with one attached hydrogen (secondary N) is 1. The first-order chi connectivity index (χ1) is 12.9. The molecule has 8 nitrogen and oxygen atoms in total. The number of piperazine rings is 1. The standard InChI is InChI=1S/C18H27N5O3S.ClH/c1-5-23(6-2)27(24,25)16-11-14(8-7-13(16)3)18-20-17(21-26-18)15-12-19-9-10-22(15)4;/h7-8,11,15,19H,5-6,9-10,12H2,1-4H3;1H. The fourth-order valence-corrected chi connectivity index (χ4v) is 5.00. The highest BCUT2D eigenvalue weighted by molar-refractivity contribution is 7.89. The van der Waals surface area contributed by atoms with Crippen molar-refractivity contribution in [3.63, 3.8) is 0 Å². The average Bonchev–Trinajstić information content (AvgIpc) is 3.13. The van der Waals surface area contributed by atoms with Crippen LogP contribution >= 0.6 is 12.4 Å². The first-order valence-electron chi connectivity index (χ1n) is 9.24. The lowest BCUT2D eigenvalue weighted by molar-refractivity contribution is 0.190. The molecule has 1 aliphatic heterocycles. The lowest BCUT2D eigenvalue weighted by Crippen LogP contribution is -2.44. The lowest BCUT2D eigenvalue weighted by Gasteiger charge is -2.30. The minimum absolute atomic E-state index is 0. The van der Waals surface area contributed by atoms with Gasteiger partial charge >= 0.3 is 0 Å². The third-order valence-corrected chi connectivity index (χ3v) is 7.20. The fourth-order valence-electron chi connectivity index (χ4n) is 3.30. The van der Waals surface area contributed by atoms with Gasteiger partial charge in [-0.25, -0.2) is 8.42 Å². The third kappa shape index (κ3) is 4.38. The van der Waals surface area contributed by atoms with Gasteiger partial charge in [-0.1, -0.05) is 25.1 Å². The van der Waals surface area contributed by atoms with Crippen LogP contribution in [0.5, 0.6) is 0 Å². The minimum atomic E-state index is -3.56. The summed E-state index contributed by atoms with van der Waals surface area (Å²) in [6, 6.07) is 5.27. The minimum Gasteiger partial charge on any atom is -0.334 e. The zero-order chi connectivity index (χ0) is 19.6. The summed E-state index contributed by atoms with van der Waals surface area (Å²) in [6.07, 6.45) is 0. The lowest BCUT2D eigenvalue weighted by atomic mass is 10.1. The van der Waals surface area contributed by atoms with Crippen LogP contribution in [-0.2, 0) is 10.0 Å². The molecule has 1 atom stereocenters. The topological polar surface area (TPSA) is 91.6 Å². The first-order valence-corrected chi connectivity index (χ1v) is 10.7. The normalized spacial score (nSPS) is 18.2. The zero-order valence-corrected chi connectivity index (χ0v) is 18.3. The summed E-state index contributed by atoms with van der Waals surface area (Å²) in [5, 5.41) is 7.45. The number of benzene rings is 1. The van der Waals surface area contributed by atoms with E-state index in [1.165, 1.54) is 4.31 Å². The van der Waals surface area contributed by atoms with E-state index in [1.807, 2.05) is 27.0 Å². The van der Waals surface area contributed by atoms with Crippen LogP contribution in [0, 0.1) is 6.92 Å². The number of halogens is 1. The number of nitrogens with zero attached hydrogens (tertiary/aromatic N) is 4. The van der Waals surface area contributed by atoms with Crippen LogP contribution in [0.4, 0.5) is 0 Å². The van der Waals surface area contributed by atoms with Crippen molar-refractivity contribution >= 4 is 22.4 Å². The van der Waals surface area contributed by atoms with E-state index in [9.17, 15) is 8.42 Å². The molecular formula is C18H28ClN5O3S. The number of sulfonamides is 1. The van der Waals surface area contributed by atoms with E-state index in [-0.39, 0.29) is 23.3 Å². The highest BCUT2D eigenvalue weighted by atomic mass is 35.5. The van der Waals surface area contributed by atoms with E-state index < -0.39 is 10.0 Å². The Kier molecular flexibility index (Phi) is 7.58. The SMILES string of the molecule is CCN(CC)S(=O)(=O)c1cc(-c2nc(C3CNCCN3C)no2)ccc1C.Cl. The Hall–Kier alpha value is -1.52. The summed E-state index contributed by atoms with van der Waals surface area (Å²) in [6.45, 7) is 8.90. The first kappa shape index (κ1) is 22.8. The molecular weight excluding hydrogens is 402 g/mol. The summed E-state index contributed by atoms with van der Waals surface area (Å²) < 4.78 is 32.8. The molecule has 28 heavy (non-hydrogen) atoms. The molecule has 1 aromatic carbocycles. The molecule has 10 heteroatoms. The summed E-state index contributed by atoms with van der Waals surface area (Å²) >= 11 is 0. The highest BCUT2D eigenvalue weighted by Gasteiger charge is 2.27. The maximum atomic E-state index is 12.9. The molecule has 2 aromatic rings. The Balaban J connectivity index is 0.00000280. The smallest absolute Gasteiger partial charge is 0.258 e. The van der Waals surface area contributed by atoms with Crippen molar-refractivity contribution in [1.29, 1.82) is 0 Å². The van der Waals surface area contributed by atoms with Crippen LogP contribution in [0.2, 0.25) is 0 Å². The number of hydrogen-bond donors (Lipinski definition) is 1. The summed E-state index contributed by atoms with van der Waals surface area (Å²) in [4.78, 5) is 6.98. The average molecular weight is 430 g/mol. The van der Waals surface area contributed by atoms with Crippen molar-refractivity contribution in [1.82, 2.24) is 24.7 Å². The largest absolute Gasteiger partial charge is 0.334 e. The van der Waals surface area contributed by atoms with Gasteiger partial charge in [0.2, 0.25) is 10.0 Å². The fraction of sp³-hybridized carbons (Fsp3) is 0.556. The predicted molar refractivity (Wildman–Crippen MR) is 110 cm³/mol. The van der Waals surface area contributed by atoms with Gasteiger partial charge in [0.1, 0.15) is 0 Å². The maximum absolute atomic E-state index is 12.9. The van der Waals surface area contributed by atoms with Crippen LogP contribution in [-0.4, -0.2) is 67.5 Å². The monoisotopic (exact) mass is 429 g/mol. The van der Waals surface area contributed by atoms with Gasteiger partial charge in [0.25, 0.3) is 5.89 Å². The van der Waals surface area contributed by atoms with Gasteiger partial charge in [0, 0.05) is 38.3 Å². The van der Waals surface area contributed by atoms with Crippen molar-refractivity contribution < 1.29 is 12.9 Å². The molecule has 3 rings (SSSR count). The molecule has 0 saturated carbocycles. The highest BCUT2D eigenvalue weighted by Crippen LogP contribution is 2.28. The Morgan fingerprint density at radius 1 is 1.32 bits per heavy atom. The second kappa shape index (κ2) is 9.32. The molecule has 0 spiro atoms. The Morgan fingerprint density at radius 2 is 2.04 bits per heavy atom.